The van der Waals surface area contributed by atoms with Gasteiger partial charge in [0.15, 0.2) is 5.34 Å². The Morgan fingerprint density at radius 2 is 1.90 bits per heavy atom. The molecule has 1 heterocycles. The van der Waals surface area contributed by atoms with Crippen LogP contribution in [-0.4, -0.2) is 58.3 Å². The van der Waals surface area contributed by atoms with Gasteiger partial charge < -0.3 is 24.4 Å². The third-order valence-corrected chi connectivity index (χ3v) is 5.23. The second-order valence-corrected chi connectivity index (χ2v) is 8.46. The van der Waals surface area contributed by atoms with Crippen molar-refractivity contribution in [3.05, 3.63) is 0 Å². The van der Waals surface area contributed by atoms with Gasteiger partial charge in [-0.15, -0.1) is 0 Å². The van der Waals surface area contributed by atoms with Crippen LogP contribution in [-0.2, 0) is 13.8 Å². The fourth-order valence-electron chi connectivity index (χ4n) is 1.89. The minimum Gasteiger partial charge on any atom is -0.387 e. The molecule has 0 aromatic heterocycles. The molecule has 1 saturated heterocycles. The van der Waals surface area contributed by atoms with E-state index in [0.717, 1.165) is 13.8 Å². The van der Waals surface area contributed by atoms with Crippen LogP contribution in [0.4, 0.5) is 4.39 Å². The monoisotopic (exact) mass is 310 g/mol. The largest absolute Gasteiger partial charge is 0.387 e. The Labute approximate surface area is 119 Å². The van der Waals surface area contributed by atoms with Crippen molar-refractivity contribution in [1.29, 1.82) is 0 Å². The summed E-state index contributed by atoms with van der Waals surface area (Å²) in [7, 11) is 1.02. The molecule has 0 spiro atoms. The van der Waals surface area contributed by atoms with Crippen LogP contribution in [0.15, 0.2) is 0 Å². The lowest BCUT2D eigenvalue weighted by molar-refractivity contribution is -0.0332. The first-order valence-electron chi connectivity index (χ1n) is 6.26. The summed E-state index contributed by atoms with van der Waals surface area (Å²) < 4.78 is 35.4. The Morgan fingerprint density at radius 3 is 2.25 bits per heavy atom. The predicted molar refractivity (Wildman–Crippen MR) is 71.2 cm³/mol. The van der Waals surface area contributed by atoms with Gasteiger partial charge in [-0.1, -0.05) is 0 Å². The van der Waals surface area contributed by atoms with Crippen LogP contribution >= 0.6 is 7.60 Å². The molecular formula is C11H21BFO6P. The summed E-state index contributed by atoms with van der Waals surface area (Å²) in [5, 5.41) is 17.3. The van der Waals surface area contributed by atoms with Gasteiger partial charge in [0, 0.05) is 6.42 Å². The van der Waals surface area contributed by atoms with Crippen LogP contribution < -0.4 is 0 Å². The molecule has 2 radical (unpaired) electrons. The van der Waals surface area contributed by atoms with E-state index in [1.54, 1.807) is 0 Å². The third kappa shape index (κ3) is 4.03. The van der Waals surface area contributed by atoms with Gasteiger partial charge in [-0.2, -0.15) is 0 Å². The molecule has 0 aliphatic carbocycles. The second-order valence-electron chi connectivity index (χ2n) is 6.14. The number of ether oxygens (including phenoxy) is 1. The summed E-state index contributed by atoms with van der Waals surface area (Å²) in [4.78, 5) is 9.71. The molecule has 1 aliphatic rings. The fraction of sp³-hybridized carbons (Fsp3) is 1.00. The summed E-state index contributed by atoms with van der Waals surface area (Å²) in [6.07, 6.45) is -4.14. The molecular weight excluding hydrogens is 289 g/mol. The zero-order valence-corrected chi connectivity index (χ0v) is 12.9. The molecule has 5 atom stereocenters. The van der Waals surface area contributed by atoms with E-state index in [9.17, 15) is 24.1 Å². The molecule has 0 amide bonds. The van der Waals surface area contributed by atoms with Crippen LogP contribution in [0.2, 0.25) is 0 Å². The van der Waals surface area contributed by atoms with Crippen LogP contribution in [0.3, 0.4) is 0 Å². The number of hydrogen-bond donors (Lipinski definition) is 3. The van der Waals surface area contributed by atoms with Gasteiger partial charge in [-0.05, 0) is 27.7 Å². The van der Waals surface area contributed by atoms with E-state index in [4.69, 9.17) is 17.1 Å². The van der Waals surface area contributed by atoms with Gasteiger partial charge in [0.25, 0.3) is 0 Å². The molecule has 0 aromatic carbocycles. The van der Waals surface area contributed by atoms with E-state index in [1.165, 1.54) is 13.8 Å². The summed E-state index contributed by atoms with van der Waals surface area (Å²) >= 11 is 0. The van der Waals surface area contributed by atoms with Gasteiger partial charge in [0.2, 0.25) is 0 Å². The van der Waals surface area contributed by atoms with Crippen LogP contribution in [0, 0.1) is 0 Å². The van der Waals surface area contributed by atoms with Gasteiger partial charge in [0.05, 0.1) is 17.7 Å². The van der Waals surface area contributed by atoms with E-state index in [-0.39, 0.29) is 6.42 Å². The quantitative estimate of drug-likeness (QED) is 0.510. The number of aliphatic hydroxyl groups is 2. The van der Waals surface area contributed by atoms with E-state index in [0.29, 0.717) is 0 Å². The number of alkyl halides is 1. The number of aliphatic hydroxyl groups excluding tert-OH is 1. The molecule has 1 unspecified atom stereocenters. The Kier molecular flexibility index (Phi) is 5.12. The van der Waals surface area contributed by atoms with Crippen molar-refractivity contribution in [3.63, 3.8) is 0 Å². The van der Waals surface area contributed by atoms with E-state index < -0.39 is 42.9 Å². The van der Waals surface area contributed by atoms with Crippen LogP contribution in [0.25, 0.3) is 0 Å². The highest BCUT2D eigenvalue weighted by Crippen LogP contribution is 2.56. The predicted octanol–water partition coefficient (Wildman–Crippen LogP) is 0.678. The van der Waals surface area contributed by atoms with Gasteiger partial charge in [0.1, 0.15) is 20.1 Å². The van der Waals surface area contributed by atoms with Crippen molar-refractivity contribution in [3.8, 4) is 0 Å². The average molecular weight is 310 g/mol. The molecule has 9 heteroatoms. The van der Waals surface area contributed by atoms with E-state index in [1.807, 2.05) is 0 Å². The Balaban J connectivity index is 2.74. The second kappa shape index (κ2) is 5.67. The first-order valence-corrected chi connectivity index (χ1v) is 7.84. The minimum absolute atomic E-state index is 0.0527. The van der Waals surface area contributed by atoms with E-state index in [2.05, 4.69) is 0 Å². The number of halogens is 1. The zero-order chi connectivity index (χ0) is 15.9. The maximum atomic E-state index is 13.4. The standard InChI is InChI=1S/C11H21BFO6P/c1-10(2,19-20(16,17)11(3,4)15)5-6-8(14)7(13)9(12)18-6/h6-9,14-15H,5H2,1-4H3,(H,16,17)/t6-,7-,8-,9-/m1/s1. The van der Waals surface area contributed by atoms with Crippen molar-refractivity contribution in [1.82, 2.24) is 0 Å². The maximum absolute atomic E-state index is 13.4. The highest BCUT2D eigenvalue weighted by molar-refractivity contribution is 7.54. The van der Waals surface area contributed by atoms with Crippen LogP contribution in [0.5, 0.6) is 0 Å². The molecule has 116 valence electrons. The molecule has 0 saturated carbocycles. The summed E-state index contributed by atoms with van der Waals surface area (Å²) in [5.41, 5.74) is -1.22. The van der Waals surface area contributed by atoms with E-state index >= 15 is 0 Å². The molecule has 1 aliphatic heterocycles. The summed E-state index contributed by atoms with van der Waals surface area (Å²) in [6, 6.07) is -1.24. The van der Waals surface area contributed by atoms with Gasteiger partial charge >= 0.3 is 7.60 Å². The topological polar surface area (TPSA) is 96.2 Å². The van der Waals surface area contributed by atoms with Crippen molar-refractivity contribution in [2.45, 2.75) is 69.4 Å². The lowest BCUT2D eigenvalue weighted by Crippen LogP contribution is -2.37. The van der Waals surface area contributed by atoms with Gasteiger partial charge in [-0.3, -0.25) is 4.57 Å². The minimum atomic E-state index is -4.31. The molecule has 0 aromatic rings. The first-order chi connectivity index (χ1) is 8.77. The molecule has 0 bridgehead atoms. The molecule has 6 nitrogen and oxygen atoms in total. The Hall–Kier alpha value is 0.0249. The molecule has 20 heavy (non-hydrogen) atoms. The zero-order valence-electron chi connectivity index (χ0n) is 12.0. The first kappa shape index (κ1) is 18.1. The lowest BCUT2D eigenvalue weighted by atomic mass is 9.92. The fourth-order valence-corrected chi connectivity index (χ4v) is 2.86. The normalized spacial score (nSPS) is 35.0. The van der Waals surface area contributed by atoms with Crippen molar-refractivity contribution >= 4 is 15.4 Å². The molecule has 1 fully saturated rings. The third-order valence-electron chi connectivity index (χ3n) is 3.11. The van der Waals surface area contributed by atoms with Crippen molar-refractivity contribution < 1.29 is 33.3 Å². The smallest absolute Gasteiger partial charge is 0.359 e. The average Bonchev–Trinajstić information content (AvgIpc) is 2.42. The number of hydrogen-bond acceptors (Lipinski definition) is 5. The Bertz CT molecular complexity index is 399. The molecule has 3 N–H and O–H groups in total. The number of rotatable bonds is 5. The lowest BCUT2D eigenvalue weighted by Gasteiger charge is -2.34. The highest BCUT2D eigenvalue weighted by Gasteiger charge is 2.47. The van der Waals surface area contributed by atoms with Crippen LogP contribution in [0.1, 0.15) is 34.1 Å². The van der Waals surface area contributed by atoms with Gasteiger partial charge in [-0.25, -0.2) is 4.39 Å². The van der Waals surface area contributed by atoms with Crippen molar-refractivity contribution in [2.24, 2.45) is 0 Å². The highest BCUT2D eigenvalue weighted by atomic mass is 31.2. The SMILES string of the molecule is [B][C@@H]1O[C@H](CC(C)(C)OP(=O)(O)C(C)(C)O)[C@@H](O)[C@H]1F. The summed E-state index contributed by atoms with van der Waals surface area (Å²) in [6.45, 7) is 5.26. The maximum Gasteiger partial charge on any atom is 0.359 e. The summed E-state index contributed by atoms with van der Waals surface area (Å²) in [5.74, 6) is 0. The molecule has 1 rings (SSSR count). The van der Waals surface area contributed by atoms with Crippen molar-refractivity contribution in [2.75, 3.05) is 0 Å². The Morgan fingerprint density at radius 1 is 1.40 bits per heavy atom.